The van der Waals surface area contributed by atoms with Gasteiger partial charge in [0, 0.05) is 6.42 Å². The Hall–Kier alpha value is -2.17. The molecule has 0 spiro atoms. The molecule has 0 unspecified atom stereocenters. The molecule has 0 aliphatic heterocycles. The minimum absolute atomic E-state index is 0.155. The number of benzene rings is 1. The Labute approximate surface area is 105 Å². The van der Waals surface area contributed by atoms with Crippen molar-refractivity contribution in [1.29, 1.82) is 0 Å². The van der Waals surface area contributed by atoms with Gasteiger partial charge in [0.25, 0.3) is 5.82 Å². The lowest BCUT2D eigenvalue weighted by atomic mass is 10.1. The third-order valence-corrected chi connectivity index (χ3v) is 2.78. The Balaban J connectivity index is 2.59. The molecule has 18 heavy (non-hydrogen) atoms. The van der Waals surface area contributed by atoms with Gasteiger partial charge in [0.15, 0.2) is 0 Å². The van der Waals surface area contributed by atoms with Crippen LogP contribution in [0.2, 0.25) is 0 Å². The average molecular weight is 245 g/mol. The summed E-state index contributed by atoms with van der Waals surface area (Å²) in [6, 6.07) is 7.81. The summed E-state index contributed by atoms with van der Waals surface area (Å²) in [6.45, 7) is 3.99. The number of hydrogen-bond donors (Lipinski definition) is 1. The molecule has 1 aromatic heterocycles. The van der Waals surface area contributed by atoms with Crippen LogP contribution in [0.1, 0.15) is 35.9 Å². The Morgan fingerprint density at radius 3 is 2.61 bits per heavy atom. The normalized spacial score (nSPS) is 10.6. The summed E-state index contributed by atoms with van der Waals surface area (Å²) in [4.78, 5) is 15.0. The van der Waals surface area contributed by atoms with E-state index in [4.69, 9.17) is 5.11 Å². The summed E-state index contributed by atoms with van der Waals surface area (Å²) in [5.41, 5.74) is 2.02. The average Bonchev–Trinajstić information content (AvgIpc) is 2.82. The van der Waals surface area contributed by atoms with E-state index in [0.29, 0.717) is 12.2 Å². The van der Waals surface area contributed by atoms with Gasteiger partial charge in [-0.1, -0.05) is 32.0 Å². The maximum absolute atomic E-state index is 10.9. The van der Waals surface area contributed by atoms with Gasteiger partial charge in [-0.15, -0.1) is 5.10 Å². The predicted octanol–water partition coefficient (Wildman–Crippen LogP) is 2.09. The summed E-state index contributed by atoms with van der Waals surface area (Å²) < 4.78 is 1.63. The van der Waals surface area contributed by atoms with E-state index in [-0.39, 0.29) is 5.82 Å². The van der Waals surface area contributed by atoms with Crippen LogP contribution in [0.15, 0.2) is 24.3 Å². The van der Waals surface area contributed by atoms with Gasteiger partial charge in [0.2, 0.25) is 0 Å². The summed E-state index contributed by atoms with van der Waals surface area (Å²) in [7, 11) is 0. The van der Waals surface area contributed by atoms with Gasteiger partial charge in [-0.2, -0.15) is 0 Å². The quantitative estimate of drug-likeness (QED) is 0.895. The number of nitrogens with zero attached hydrogens (tertiary/aromatic N) is 3. The summed E-state index contributed by atoms with van der Waals surface area (Å²) in [5.74, 6) is -0.594. The maximum Gasteiger partial charge on any atom is 0.375 e. The summed E-state index contributed by atoms with van der Waals surface area (Å²) >= 11 is 0. The number of para-hydroxylation sites is 1. The van der Waals surface area contributed by atoms with Crippen molar-refractivity contribution in [2.75, 3.05) is 0 Å². The molecule has 1 heterocycles. The Bertz CT molecular complexity index is 575. The van der Waals surface area contributed by atoms with Crippen LogP contribution in [-0.4, -0.2) is 25.8 Å². The van der Waals surface area contributed by atoms with Crippen LogP contribution in [-0.2, 0) is 12.8 Å². The van der Waals surface area contributed by atoms with Crippen molar-refractivity contribution in [2.45, 2.75) is 26.7 Å². The van der Waals surface area contributed by atoms with Crippen molar-refractivity contribution >= 4 is 5.97 Å². The van der Waals surface area contributed by atoms with Crippen molar-refractivity contribution in [3.8, 4) is 5.69 Å². The van der Waals surface area contributed by atoms with Gasteiger partial charge < -0.3 is 5.11 Å². The Kier molecular flexibility index (Phi) is 3.41. The number of aromatic carboxylic acids is 1. The SMILES string of the molecule is CCc1ccccc1-n1nc(C(=O)O)nc1CC. The highest BCUT2D eigenvalue weighted by atomic mass is 16.4. The first kappa shape index (κ1) is 12.3. The first-order valence-corrected chi connectivity index (χ1v) is 5.94. The van der Waals surface area contributed by atoms with Gasteiger partial charge in [-0.05, 0) is 18.1 Å². The zero-order valence-corrected chi connectivity index (χ0v) is 10.4. The lowest BCUT2D eigenvalue weighted by Gasteiger charge is -2.08. The second kappa shape index (κ2) is 5.00. The minimum atomic E-state index is -1.10. The molecule has 0 saturated carbocycles. The summed E-state index contributed by atoms with van der Waals surface area (Å²) in [5, 5.41) is 13.0. The molecule has 1 N–H and O–H groups in total. The molecule has 2 aromatic rings. The molecule has 0 fully saturated rings. The smallest absolute Gasteiger partial charge is 0.375 e. The van der Waals surface area contributed by atoms with E-state index in [0.717, 1.165) is 17.7 Å². The Morgan fingerprint density at radius 1 is 1.28 bits per heavy atom. The van der Waals surface area contributed by atoms with Crippen LogP contribution in [0.3, 0.4) is 0 Å². The molecule has 5 heteroatoms. The molecule has 1 aromatic carbocycles. The molecule has 0 aliphatic carbocycles. The molecule has 0 bridgehead atoms. The largest absolute Gasteiger partial charge is 0.475 e. The second-order valence-corrected chi connectivity index (χ2v) is 3.90. The lowest BCUT2D eigenvalue weighted by Crippen LogP contribution is -2.06. The fourth-order valence-corrected chi connectivity index (χ4v) is 1.87. The minimum Gasteiger partial charge on any atom is -0.475 e. The number of carboxylic acid groups (broad SMARTS) is 1. The fourth-order valence-electron chi connectivity index (χ4n) is 1.87. The van der Waals surface area contributed by atoms with Crippen LogP contribution in [0.5, 0.6) is 0 Å². The van der Waals surface area contributed by atoms with Crippen LogP contribution in [0, 0.1) is 0 Å². The van der Waals surface area contributed by atoms with E-state index in [1.165, 1.54) is 0 Å². The van der Waals surface area contributed by atoms with Crippen LogP contribution in [0.4, 0.5) is 0 Å². The van der Waals surface area contributed by atoms with Crippen LogP contribution < -0.4 is 0 Å². The molecular formula is C13H15N3O2. The number of aromatic nitrogens is 3. The zero-order valence-electron chi connectivity index (χ0n) is 10.4. The van der Waals surface area contributed by atoms with Crippen LogP contribution >= 0.6 is 0 Å². The predicted molar refractivity (Wildman–Crippen MR) is 67.1 cm³/mol. The van der Waals surface area contributed by atoms with Crippen molar-refractivity contribution < 1.29 is 9.90 Å². The van der Waals surface area contributed by atoms with Gasteiger partial charge in [-0.3, -0.25) is 0 Å². The van der Waals surface area contributed by atoms with E-state index >= 15 is 0 Å². The molecule has 0 radical (unpaired) electrons. The van der Waals surface area contributed by atoms with E-state index in [9.17, 15) is 4.79 Å². The summed E-state index contributed by atoms with van der Waals surface area (Å²) in [6.07, 6.45) is 1.50. The Morgan fingerprint density at radius 2 is 2.00 bits per heavy atom. The van der Waals surface area contributed by atoms with E-state index in [1.54, 1.807) is 4.68 Å². The molecule has 5 nitrogen and oxygen atoms in total. The highest BCUT2D eigenvalue weighted by molar-refractivity contribution is 5.83. The molecule has 2 rings (SSSR count). The monoisotopic (exact) mass is 245 g/mol. The molecule has 0 atom stereocenters. The van der Waals surface area contributed by atoms with Gasteiger partial charge in [0.05, 0.1) is 5.69 Å². The van der Waals surface area contributed by atoms with E-state index in [1.807, 2.05) is 31.2 Å². The standard InChI is InChI=1S/C13H15N3O2/c1-3-9-7-5-6-8-10(9)16-11(4-2)14-12(15-16)13(17)18/h5-8H,3-4H2,1-2H3,(H,17,18). The van der Waals surface area contributed by atoms with Crippen molar-refractivity contribution in [1.82, 2.24) is 14.8 Å². The van der Waals surface area contributed by atoms with Gasteiger partial charge >= 0.3 is 5.97 Å². The number of carbonyl (C=O) groups is 1. The first-order valence-electron chi connectivity index (χ1n) is 5.94. The molecule has 0 amide bonds. The molecule has 0 aliphatic rings. The highest BCUT2D eigenvalue weighted by Crippen LogP contribution is 2.16. The molecule has 94 valence electrons. The number of rotatable bonds is 4. The third kappa shape index (κ3) is 2.11. The topological polar surface area (TPSA) is 68.0 Å². The van der Waals surface area contributed by atoms with Gasteiger partial charge in [0.1, 0.15) is 5.82 Å². The number of hydrogen-bond acceptors (Lipinski definition) is 3. The van der Waals surface area contributed by atoms with Gasteiger partial charge in [-0.25, -0.2) is 14.5 Å². The lowest BCUT2D eigenvalue weighted by molar-refractivity contribution is 0.0683. The molecule has 0 saturated heterocycles. The number of carboxylic acids is 1. The first-order chi connectivity index (χ1) is 8.67. The fraction of sp³-hybridized carbons (Fsp3) is 0.308. The maximum atomic E-state index is 10.9. The van der Waals surface area contributed by atoms with Crippen molar-refractivity contribution in [3.63, 3.8) is 0 Å². The van der Waals surface area contributed by atoms with Crippen LogP contribution in [0.25, 0.3) is 5.69 Å². The zero-order chi connectivity index (χ0) is 13.1. The second-order valence-electron chi connectivity index (χ2n) is 3.90. The number of aryl methyl sites for hydroxylation is 2. The van der Waals surface area contributed by atoms with E-state index < -0.39 is 5.97 Å². The van der Waals surface area contributed by atoms with E-state index in [2.05, 4.69) is 17.0 Å². The highest BCUT2D eigenvalue weighted by Gasteiger charge is 2.16. The third-order valence-electron chi connectivity index (χ3n) is 2.78. The van der Waals surface area contributed by atoms with Crippen molar-refractivity contribution in [3.05, 3.63) is 41.5 Å². The molecular weight excluding hydrogens is 230 g/mol. The van der Waals surface area contributed by atoms with Crippen molar-refractivity contribution in [2.24, 2.45) is 0 Å².